The highest BCUT2D eigenvalue weighted by molar-refractivity contribution is 6.30. The normalized spacial score (nSPS) is 17.4. The Morgan fingerprint density at radius 1 is 1.14 bits per heavy atom. The molecule has 2 aromatic rings. The molecule has 2 fully saturated rings. The molecule has 1 aliphatic heterocycles. The van der Waals surface area contributed by atoms with Crippen molar-refractivity contribution in [2.45, 2.75) is 38.1 Å². The van der Waals surface area contributed by atoms with Crippen LogP contribution in [0.3, 0.4) is 0 Å². The first kappa shape index (κ1) is 19.7. The van der Waals surface area contributed by atoms with Gasteiger partial charge in [0.15, 0.2) is 0 Å². The fourth-order valence-corrected chi connectivity index (χ4v) is 3.91. The predicted molar refractivity (Wildman–Crippen MR) is 109 cm³/mol. The Morgan fingerprint density at radius 2 is 1.79 bits per heavy atom. The summed E-state index contributed by atoms with van der Waals surface area (Å²) in [6.45, 7) is 1.23. The van der Waals surface area contributed by atoms with E-state index < -0.39 is 0 Å². The molecule has 1 aromatic carbocycles. The molecule has 0 spiro atoms. The van der Waals surface area contributed by atoms with E-state index in [0.717, 1.165) is 25.7 Å². The smallest absolute Gasteiger partial charge is 0.342 e. The summed E-state index contributed by atoms with van der Waals surface area (Å²) < 4.78 is 2.71. The topological polar surface area (TPSA) is 89.2 Å². The average molecular weight is 418 g/mol. The minimum absolute atomic E-state index is 0.108. The maximum Gasteiger partial charge on any atom is 0.346 e. The fourth-order valence-electron chi connectivity index (χ4n) is 3.78. The minimum atomic E-state index is -0.330. The van der Waals surface area contributed by atoms with E-state index in [0.29, 0.717) is 29.6 Å². The lowest BCUT2D eigenvalue weighted by Crippen LogP contribution is -2.39. The summed E-state index contributed by atoms with van der Waals surface area (Å²) in [5.41, 5.74) is 0.291. The Morgan fingerprint density at radius 3 is 2.41 bits per heavy atom. The van der Waals surface area contributed by atoms with E-state index in [9.17, 15) is 14.4 Å². The molecule has 1 N–H and O–H groups in total. The van der Waals surface area contributed by atoms with Crippen LogP contribution in [0, 0.1) is 5.92 Å². The van der Waals surface area contributed by atoms with Crippen molar-refractivity contribution in [1.82, 2.24) is 19.2 Å². The standard InChI is InChI=1S/C20H24ClN5O3/c1-24-18(13-8-10-25(11-9-13)19(28)14-2-3-14)23-26(20(24)29)12-17(27)22-16-6-4-15(21)5-7-16/h4-7,13-14H,2-3,8-12H2,1H3,(H,22,27). The van der Waals surface area contributed by atoms with Crippen molar-refractivity contribution in [1.29, 1.82) is 0 Å². The molecule has 1 aromatic heterocycles. The van der Waals surface area contributed by atoms with Gasteiger partial charge in [0, 0.05) is 42.7 Å². The third kappa shape index (κ3) is 4.37. The number of piperidine rings is 1. The quantitative estimate of drug-likeness (QED) is 0.805. The predicted octanol–water partition coefficient (Wildman–Crippen LogP) is 1.99. The number of nitrogens with zero attached hydrogens (tertiary/aromatic N) is 4. The van der Waals surface area contributed by atoms with E-state index >= 15 is 0 Å². The number of halogens is 1. The van der Waals surface area contributed by atoms with Gasteiger partial charge in [-0.2, -0.15) is 5.10 Å². The van der Waals surface area contributed by atoms with Gasteiger partial charge in [-0.1, -0.05) is 11.6 Å². The molecule has 1 saturated heterocycles. The van der Waals surface area contributed by atoms with Crippen LogP contribution >= 0.6 is 11.6 Å². The molecule has 0 unspecified atom stereocenters. The SMILES string of the molecule is Cn1c(C2CCN(C(=O)C3CC3)CC2)nn(CC(=O)Nc2ccc(Cl)cc2)c1=O. The summed E-state index contributed by atoms with van der Waals surface area (Å²) in [5, 5.41) is 7.75. The molecule has 8 nitrogen and oxygen atoms in total. The summed E-state index contributed by atoms with van der Waals surface area (Å²) in [6.07, 6.45) is 3.57. The molecule has 2 aliphatic rings. The first-order valence-electron chi connectivity index (χ1n) is 9.90. The molecular weight excluding hydrogens is 394 g/mol. The average Bonchev–Trinajstić information content (AvgIpc) is 3.53. The number of anilines is 1. The van der Waals surface area contributed by atoms with Gasteiger partial charge < -0.3 is 10.2 Å². The number of carbonyl (C=O) groups is 2. The van der Waals surface area contributed by atoms with Crippen LogP contribution in [-0.2, 0) is 23.2 Å². The lowest BCUT2D eigenvalue weighted by Gasteiger charge is -2.31. The Hall–Kier alpha value is -2.61. The highest BCUT2D eigenvalue weighted by Crippen LogP contribution is 2.33. The summed E-state index contributed by atoms with van der Waals surface area (Å²) in [7, 11) is 1.68. The number of aromatic nitrogens is 3. The van der Waals surface area contributed by atoms with Crippen molar-refractivity contribution in [3.8, 4) is 0 Å². The Balaban J connectivity index is 1.39. The van der Waals surface area contributed by atoms with E-state index in [-0.39, 0.29) is 35.9 Å². The van der Waals surface area contributed by atoms with E-state index in [1.807, 2.05) is 4.90 Å². The number of hydrogen-bond donors (Lipinski definition) is 1. The number of carbonyl (C=O) groups excluding carboxylic acids is 2. The molecule has 29 heavy (non-hydrogen) atoms. The van der Waals surface area contributed by atoms with Gasteiger partial charge in [-0.3, -0.25) is 14.2 Å². The molecule has 0 bridgehead atoms. The number of benzene rings is 1. The van der Waals surface area contributed by atoms with Crippen LogP contribution in [0.1, 0.15) is 37.4 Å². The largest absolute Gasteiger partial charge is 0.346 e. The molecule has 1 saturated carbocycles. The van der Waals surface area contributed by atoms with Crippen LogP contribution in [0.5, 0.6) is 0 Å². The van der Waals surface area contributed by atoms with Gasteiger partial charge in [-0.05, 0) is 49.9 Å². The van der Waals surface area contributed by atoms with Crippen LogP contribution in [0.2, 0.25) is 5.02 Å². The monoisotopic (exact) mass is 417 g/mol. The second kappa shape index (κ2) is 8.02. The van der Waals surface area contributed by atoms with E-state index in [4.69, 9.17) is 11.6 Å². The molecule has 2 amide bonds. The lowest BCUT2D eigenvalue weighted by molar-refractivity contribution is -0.133. The molecule has 154 valence electrons. The van der Waals surface area contributed by atoms with Crippen LogP contribution in [0.4, 0.5) is 5.69 Å². The Bertz CT molecular complexity index is 969. The van der Waals surface area contributed by atoms with Crippen molar-refractivity contribution in [2.24, 2.45) is 13.0 Å². The number of nitrogens with one attached hydrogen (secondary N) is 1. The van der Waals surface area contributed by atoms with Gasteiger partial charge in [-0.15, -0.1) is 0 Å². The van der Waals surface area contributed by atoms with Crippen molar-refractivity contribution >= 4 is 29.1 Å². The zero-order chi connectivity index (χ0) is 20.5. The molecule has 0 atom stereocenters. The third-order valence-corrected chi connectivity index (χ3v) is 5.85. The van der Waals surface area contributed by atoms with Crippen LogP contribution in [0.25, 0.3) is 0 Å². The Labute approximate surface area is 173 Å². The second-order valence-corrected chi connectivity index (χ2v) is 8.22. The summed E-state index contributed by atoms with van der Waals surface area (Å²) in [5.74, 6) is 0.948. The number of hydrogen-bond acceptors (Lipinski definition) is 4. The van der Waals surface area contributed by atoms with Crippen molar-refractivity contribution < 1.29 is 9.59 Å². The number of rotatable bonds is 5. The number of likely N-dealkylation sites (tertiary alicyclic amines) is 1. The second-order valence-electron chi connectivity index (χ2n) is 7.79. The summed E-state index contributed by atoms with van der Waals surface area (Å²) in [4.78, 5) is 39.0. The lowest BCUT2D eigenvalue weighted by atomic mass is 9.95. The minimum Gasteiger partial charge on any atom is -0.342 e. The van der Waals surface area contributed by atoms with E-state index in [1.165, 1.54) is 9.25 Å². The van der Waals surface area contributed by atoms with Gasteiger partial charge in [0.25, 0.3) is 0 Å². The van der Waals surface area contributed by atoms with Gasteiger partial charge in [0.1, 0.15) is 12.4 Å². The van der Waals surface area contributed by atoms with E-state index in [1.54, 1.807) is 31.3 Å². The molecule has 9 heteroatoms. The van der Waals surface area contributed by atoms with Crippen molar-refractivity contribution in [3.63, 3.8) is 0 Å². The molecule has 2 heterocycles. The molecular formula is C20H24ClN5O3. The highest BCUT2D eigenvalue weighted by atomic mass is 35.5. The zero-order valence-electron chi connectivity index (χ0n) is 16.3. The summed E-state index contributed by atoms with van der Waals surface area (Å²) in [6, 6.07) is 6.76. The highest BCUT2D eigenvalue weighted by Gasteiger charge is 2.36. The van der Waals surface area contributed by atoms with Gasteiger partial charge in [0.05, 0.1) is 0 Å². The summed E-state index contributed by atoms with van der Waals surface area (Å²) >= 11 is 5.84. The van der Waals surface area contributed by atoms with Crippen LogP contribution in [-0.4, -0.2) is 44.2 Å². The van der Waals surface area contributed by atoms with Gasteiger partial charge in [0.2, 0.25) is 11.8 Å². The zero-order valence-corrected chi connectivity index (χ0v) is 17.1. The first-order chi connectivity index (χ1) is 13.9. The van der Waals surface area contributed by atoms with Crippen LogP contribution in [0.15, 0.2) is 29.1 Å². The van der Waals surface area contributed by atoms with Gasteiger partial charge >= 0.3 is 5.69 Å². The first-order valence-corrected chi connectivity index (χ1v) is 10.3. The maximum absolute atomic E-state index is 12.5. The maximum atomic E-state index is 12.5. The van der Waals surface area contributed by atoms with Gasteiger partial charge in [-0.25, -0.2) is 9.48 Å². The van der Waals surface area contributed by atoms with Crippen molar-refractivity contribution in [2.75, 3.05) is 18.4 Å². The molecule has 4 rings (SSSR count). The van der Waals surface area contributed by atoms with Crippen molar-refractivity contribution in [3.05, 3.63) is 45.6 Å². The third-order valence-electron chi connectivity index (χ3n) is 5.59. The Kier molecular flexibility index (Phi) is 5.45. The molecule has 0 radical (unpaired) electrons. The molecule has 1 aliphatic carbocycles. The van der Waals surface area contributed by atoms with Crippen LogP contribution < -0.4 is 11.0 Å². The van der Waals surface area contributed by atoms with E-state index in [2.05, 4.69) is 10.4 Å². The number of amides is 2. The fraction of sp³-hybridized carbons (Fsp3) is 0.500.